The molecule has 3 rings (SSSR count). The van der Waals surface area contributed by atoms with E-state index in [2.05, 4.69) is 29.4 Å². The van der Waals surface area contributed by atoms with E-state index in [1.807, 2.05) is 13.0 Å². The molecule has 2 unspecified atom stereocenters. The largest absolute Gasteiger partial charge is 0.454 e. The van der Waals surface area contributed by atoms with Crippen molar-refractivity contribution < 1.29 is 19.0 Å². The third-order valence-corrected chi connectivity index (χ3v) is 4.61. The van der Waals surface area contributed by atoms with E-state index >= 15 is 0 Å². The Hall–Kier alpha value is -1.99. The monoisotopic (exact) mass is 335 g/mol. The van der Waals surface area contributed by atoms with Gasteiger partial charge in [0.25, 0.3) is 0 Å². The fourth-order valence-electron chi connectivity index (χ4n) is 3.11. The van der Waals surface area contributed by atoms with Gasteiger partial charge >= 0.3 is 6.03 Å². The number of urea groups is 1. The van der Waals surface area contributed by atoms with Crippen LogP contribution in [-0.4, -0.2) is 56.1 Å². The van der Waals surface area contributed by atoms with Gasteiger partial charge in [0, 0.05) is 38.0 Å². The molecule has 0 aromatic heterocycles. The van der Waals surface area contributed by atoms with Gasteiger partial charge in [-0.15, -0.1) is 0 Å². The van der Waals surface area contributed by atoms with E-state index in [9.17, 15) is 4.79 Å². The first-order valence-electron chi connectivity index (χ1n) is 8.22. The maximum absolute atomic E-state index is 12.4. The molecule has 0 bridgehead atoms. The van der Waals surface area contributed by atoms with Gasteiger partial charge in [0.05, 0.1) is 12.1 Å². The van der Waals surface area contributed by atoms with E-state index in [0.717, 1.165) is 18.7 Å². The number of benzene rings is 1. The van der Waals surface area contributed by atoms with Crippen LogP contribution in [0.4, 0.5) is 10.5 Å². The summed E-state index contributed by atoms with van der Waals surface area (Å²) in [6.45, 7) is 8.03. The van der Waals surface area contributed by atoms with Crippen LogP contribution in [0.5, 0.6) is 11.5 Å². The van der Waals surface area contributed by atoms with Crippen LogP contribution >= 0.6 is 0 Å². The third-order valence-electron chi connectivity index (χ3n) is 4.61. The van der Waals surface area contributed by atoms with Crippen molar-refractivity contribution in [3.8, 4) is 11.5 Å². The molecule has 0 saturated carbocycles. The van der Waals surface area contributed by atoms with Gasteiger partial charge in [-0.1, -0.05) is 0 Å². The molecule has 0 spiro atoms. The molecule has 2 amide bonds. The zero-order valence-electron chi connectivity index (χ0n) is 14.6. The number of ether oxygens (including phenoxy) is 3. The number of rotatable bonds is 4. The van der Waals surface area contributed by atoms with Gasteiger partial charge in [-0.3, -0.25) is 4.90 Å². The Morgan fingerprint density at radius 1 is 1.29 bits per heavy atom. The van der Waals surface area contributed by atoms with Crippen molar-refractivity contribution in [3.05, 3.63) is 17.7 Å². The molecule has 1 fully saturated rings. The summed E-state index contributed by atoms with van der Waals surface area (Å²) in [5.41, 5.74) is 1.64. The fourth-order valence-corrected chi connectivity index (χ4v) is 3.11. The number of likely N-dealkylation sites (tertiary alicyclic amines) is 1. The lowest BCUT2D eigenvalue weighted by molar-refractivity contribution is 0.0896. The summed E-state index contributed by atoms with van der Waals surface area (Å²) in [4.78, 5) is 14.7. The van der Waals surface area contributed by atoms with E-state index in [1.54, 1.807) is 13.2 Å². The van der Waals surface area contributed by atoms with Crippen LogP contribution in [0.25, 0.3) is 0 Å². The van der Waals surface area contributed by atoms with Crippen LogP contribution in [0.15, 0.2) is 12.1 Å². The van der Waals surface area contributed by atoms with Crippen LogP contribution in [0.1, 0.15) is 19.4 Å². The van der Waals surface area contributed by atoms with Gasteiger partial charge in [0.15, 0.2) is 11.5 Å². The van der Waals surface area contributed by atoms with E-state index in [4.69, 9.17) is 14.2 Å². The highest BCUT2D eigenvalue weighted by Gasteiger charge is 2.35. The number of nitrogens with zero attached hydrogens (tertiary/aromatic N) is 1. The summed E-state index contributed by atoms with van der Waals surface area (Å²) in [7, 11) is 1.68. The summed E-state index contributed by atoms with van der Waals surface area (Å²) in [6.07, 6.45) is -0.00370. The van der Waals surface area contributed by atoms with Crippen LogP contribution < -0.4 is 20.1 Å². The van der Waals surface area contributed by atoms with E-state index in [-0.39, 0.29) is 25.0 Å². The van der Waals surface area contributed by atoms with Gasteiger partial charge in [0.2, 0.25) is 6.79 Å². The van der Waals surface area contributed by atoms with Gasteiger partial charge in [0.1, 0.15) is 0 Å². The predicted octanol–water partition coefficient (Wildman–Crippen LogP) is 1.95. The minimum atomic E-state index is -0.241. The SMILES string of the molecule is COC1CN(C(C)C)CC1NC(=O)Nc1cc2c(cc1C)OCO2. The molecular formula is C17H25N3O4. The third kappa shape index (κ3) is 3.42. The molecule has 2 heterocycles. The minimum Gasteiger partial charge on any atom is -0.454 e. The summed E-state index contributed by atoms with van der Waals surface area (Å²) < 4.78 is 16.2. The van der Waals surface area contributed by atoms with E-state index < -0.39 is 0 Å². The average molecular weight is 335 g/mol. The number of hydrogen-bond acceptors (Lipinski definition) is 5. The maximum atomic E-state index is 12.4. The Morgan fingerprint density at radius 2 is 2.00 bits per heavy atom. The number of carbonyl (C=O) groups excluding carboxylic acids is 1. The second kappa shape index (κ2) is 6.86. The molecule has 0 aliphatic carbocycles. The van der Waals surface area contributed by atoms with Crippen LogP contribution in [0.3, 0.4) is 0 Å². The molecule has 2 aliphatic heterocycles. The van der Waals surface area contributed by atoms with Crippen LogP contribution in [-0.2, 0) is 4.74 Å². The molecule has 0 radical (unpaired) electrons. The lowest BCUT2D eigenvalue weighted by Crippen LogP contribution is -2.45. The number of methoxy groups -OCH3 is 1. The number of anilines is 1. The number of amides is 2. The summed E-state index contributed by atoms with van der Waals surface area (Å²) in [5, 5.41) is 5.92. The average Bonchev–Trinajstić information content (AvgIpc) is 3.13. The molecule has 132 valence electrons. The molecule has 2 aliphatic rings. The summed E-state index contributed by atoms with van der Waals surface area (Å²) in [6, 6.07) is 3.81. The number of fused-ring (bicyclic) bond motifs is 1. The second-order valence-electron chi connectivity index (χ2n) is 6.55. The molecule has 1 aromatic rings. The Kier molecular flexibility index (Phi) is 4.82. The van der Waals surface area contributed by atoms with Crippen molar-refractivity contribution in [2.45, 2.75) is 39.0 Å². The zero-order chi connectivity index (χ0) is 17.3. The predicted molar refractivity (Wildman–Crippen MR) is 90.8 cm³/mol. The lowest BCUT2D eigenvalue weighted by Gasteiger charge is -2.20. The van der Waals surface area contributed by atoms with Gasteiger partial charge < -0.3 is 24.8 Å². The van der Waals surface area contributed by atoms with Crippen molar-refractivity contribution in [2.24, 2.45) is 0 Å². The molecule has 2 atom stereocenters. The number of hydrogen-bond donors (Lipinski definition) is 2. The van der Waals surface area contributed by atoms with Gasteiger partial charge in [-0.2, -0.15) is 0 Å². The normalized spacial score (nSPS) is 22.9. The van der Waals surface area contributed by atoms with Crippen molar-refractivity contribution in [1.29, 1.82) is 0 Å². The molecule has 7 heteroatoms. The highest BCUT2D eigenvalue weighted by molar-refractivity contribution is 5.91. The summed E-state index contributed by atoms with van der Waals surface area (Å²) >= 11 is 0. The van der Waals surface area contributed by atoms with E-state index in [0.29, 0.717) is 23.2 Å². The first-order chi connectivity index (χ1) is 11.5. The zero-order valence-corrected chi connectivity index (χ0v) is 14.6. The van der Waals surface area contributed by atoms with Gasteiger partial charge in [-0.05, 0) is 32.4 Å². The van der Waals surface area contributed by atoms with Crippen molar-refractivity contribution >= 4 is 11.7 Å². The highest BCUT2D eigenvalue weighted by Crippen LogP contribution is 2.36. The first kappa shape index (κ1) is 16.9. The topological polar surface area (TPSA) is 72.1 Å². The smallest absolute Gasteiger partial charge is 0.319 e. The van der Waals surface area contributed by atoms with Crippen molar-refractivity contribution in [1.82, 2.24) is 10.2 Å². The standard InChI is InChI=1S/C17H25N3O4/c1-10(2)20-7-13(16(8-20)22-4)19-17(21)18-12-6-15-14(5-11(12)3)23-9-24-15/h5-6,10,13,16H,7-9H2,1-4H3,(H2,18,19,21). The Morgan fingerprint density at radius 3 is 2.67 bits per heavy atom. The molecule has 7 nitrogen and oxygen atoms in total. The second-order valence-corrected chi connectivity index (χ2v) is 6.55. The Bertz CT molecular complexity index is 620. The Labute approximate surface area is 142 Å². The molecule has 2 N–H and O–H groups in total. The minimum absolute atomic E-state index is 0.00370. The number of carbonyl (C=O) groups is 1. The number of aryl methyl sites for hydroxylation is 1. The van der Waals surface area contributed by atoms with Crippen molar-refractivity contribution in [3.63, 3.8) is 0 Å². The van der Waals surface area contributed by atoms with Crippen LogP contribution in [0, 0.1) is 6.92 Å². The maximum Gasteiger partial charge on any atom is 0.319 e. The number of nitrogens with one attached hydrogen (secondary N) is 2. The van der Waals surface area contributed by atoms with E-state index in [1.165, 1.54) is 0 Å². The fraction of sp³-hybridized carbons (Fsp3) is 0.588. The highest BCUT2D eigenvalue weighted by atomic mass is 16.7. The molecule has 24 heavy (non-hydrogen) atoms. The summed E-state index contributed by atoms with van der Waals surface area (Å²) in [5.74, 6) is 1.36. The molecular weight excluding hydrogens is 310 g/mol. The molecule has 1 aromatic carbocycles. The lowest BCUT2D eigenvalue weighted by atomic mass is 10.1. The Balaban J connectivity index is 1.63. The van der Waals surface area contributed by atoms with Crippen molar-refractivity contribution in [2.75, 3.05) is 32.3 Å². The van der Waals surface area contributed by atoms with Gasteiger partial charge in [-0.25, -0.2) is 4.79 Å². The first-order valence-corrected chi connectivity index (χ1v) is 8.22. The quantitative estimate of drug-likeness (QED) is 0.880. The van der Waals surface area contributed by atoms with Crippen LogP contribution in [0.2, 0.25) is 0 Å². The molecule has 1 saturated heterocycles.